The first-order chi connectivity index (χ1) is 7.75. The third kappa shape index (κ3) is 3.23. The van der Waals surface area contributed by atoms with Crippen molar-refractivity contribution in [2.75, 3.05) is 13.6 Å². The number of hydrogen-bond donors (Lipinski definition) is 0. The number of likely N-dealkylation sites (N-methyl/N-ethyl adjacent to an activating group) is 1. The zero-order chi connectivity index (χ0) is 11.4. The highest BCUT2D eigenvalue weighted by atomic mass is 35.5. The first-order valence-electron chi connectivity index (χ1n) is 6.20. The van der Waals surface area contributed by atoms with E-state index < -0.39 is 0 Å². The van der Waals surface area contributed by atoms with E-state index in [0.717, 1.165) is 11.4 Å². The SMILES string of the molecule is CN1CCCCCC1Cc1cccc(Cl)c1. The molecule has 88 valence electrons. The lowest BCUT2D eigenvalue weighted by molar-refractivity contribution is 0.245. The van der Waals surface area contributed by atoms with Crippen LogP contribution in [0.5, 0.6) is 0 Å². The van der Waals surface area contributed by atoms with Crippen molar-refractivity contribution >= 4 is 11.6 Å². The van der Waals surface area contributed by atoms with Crippen LogP contribution >= 0.6 is 11.6 Å². The Morgan fingerprint density at radius 2 is 2.19 bits per heavy atom. The van der Waals surface area contributed by atoms with E-state index in [0.29, 0.717) is 6.04 Å². The first-order valence-corrected chi connectivity index (χ1v) is 6.58. The molecule has 1 heterocycles. The molecule has 1 aliphatic rings. The van der Waals surface area contributed by atoms with E-state index in [9.17, 15) is 0 Å². The van der Waals surface area contributed by atoms with Crippen molar-refractivity contribution in [1.82, 2.24) is 4.90 Å². The molecule has 1 aromatic rings. The van der Waals surface area contributed by atoms with Crippen molar-refractivity contribution < 1.29 is 0 Å². The summed E-state index contributed by atoms with van der Waals surface area (Å²) in [6, 6.07) is 8.97. The second kappa shape index (κ2) is 5.70. The molecule has 2 rings (SSSR count). The average Bonchev–Trinajstić information content (AvgIpc) is 2.45. The maximum Gasteiger partial charge on any atom is 0.0408 e. The van der Waals surface area contributed by atoms with E-state index in [1.807, 2.05) is 12.1 Å². The van der Waals surface area contributed by atoms with Gasteiger partial charge in [-0.1, -0.05) is 36.6 Å². The van der Waals surface area contributed by atoms with Crippen molar-refractivity contribution in [3.8, 4) is 0 Å². The fraction of sp³-hybridized carbons (Fsp3) is 0.571. The molecule has 0 amide bonds. The smallest absolute Gasteiger partial charge is 0.0408 e. The third-order valence-electron chi connectivity index (χ3n) is 3.53. The fourth-order valence-corrected chi connectivity index (χ4v) is 2.73. The summed E-state index contributed by atoms with van der Waals surface area (Å²) >= 11 is 6.02. The second-order valence-corrected chi connectivity index (χ2v) is 5.25. The second-order valence-electron chi connectivity index (χ2n) is 4.82. The van der Waals surface area contributed by atoms with Crippen LogP contribution in [0.2, 0.25) is 5.02 Å². The van der Waals surface area contributed by atoms with Gasteiger partial charge in [-0.3, -0.25) is 0 Å². The maximum absolute atomic E-state index is 6.02. The van der Waals surface area contributed by atoms with Gasteiger partial charge < -0.3 is 4.90 Å². The summed E-state index contributed by atoms with van der Waals surface area (Å²) in [4.78, 5) is 2.51. The van der Waals surface area contributed by atoms with Gasteiger partial charge in [0.15, 0.2) is 0 Å². The van der Waals surface area contributed by atoms with E-state index in [-0.39, 0.29) is 0 Å². The third-order valence-corrected chi connectivity index (χ3v) is 3.77. The van der Waals surface area contributed by atoms with Crippen LogP contribution in [-0.2, 0) is 6.42 Å². The number of nitrogens with zero attached hydrogens (tertiary/aromatic N) is 1. The molecular weight excluding hydrogens is 218 g/mol. The quantitative estimate of drug-likeness (QED) is 0.757. The Morgan fingerprint density at radius 1 is 1.31 bits per heavy atom. The van der Waals surface area contributed by atoms with Crippen LogP contribution in [0.1, 0.15) is 31.2 Å². The van der Waals surface area contributed by atoms with Gasteiger partial charge in [0.1, 0.15) is 0 Å². The minimum absolute atomic E-state index is 0.695. The van der Waals surface area contributed by atoms with E-state index >= 15 is 0 Å². The molecule has 0 radical (unpaired) electrons. The number of likely N-dealkylation sites (tertiary alicyclic amines) is 1. The summed E-state index contributed by atoms with van der Waals surface area (Å²) in [6.07, 6.45) is 6.56. The summed E-state index contributed by atoms with van der Waals surface area (Å²) in [5, 5.41) is 0.855. The lowest BCUT2D eigenvalue weighted by Gasteiger charge is -2.25. The van der Waals surface area contributed by atoms with E-state index in [1.165, 1.54) is 37.8 Å². The molecule has 1 atom stereocenters. The van der Waals surface area contributed by atoms with Gasteiger partial charge in [-0.05, 0) is 50.6 Å². The zero-order valence-electron chi connectivity index (χ0n) is 9.95. The number of rotatable bonds is 2. The Bertz CT molecular complexity index is 337. The van der Waals surface area contributed by atoms with Crippen LogP contribution in [0.4, 0.5) is 0 Å². The van der Waals surface area contributed by atoms with E-state index in [1.54, 1.807) is 0 Å². The zero-order valence-corrected chi connectivity index (χ0v) is 10.7. The summed E-state index contributed by atoms with van der Waals surface area (Å²) in [5.41, 5.74) is 1.37. The summed E-state index contributed by atoms with van der Waals surface area (Å²) in [7, 11) is 2.25. The highest BCUT2D eigenvalue weighted by Gasteiger charge is 2.17. The molecule has 1 saturated heterocycles. The van der Waals surface area contributed by atoms with Crippen molar-refractivity contribution in [1.29, 1.82) is 0 Å². The molecule has 0 bridgehead atoms. The Kier molecular flexibility index (Phi) is 4.25. The molecule has 1 nitrogen and oxygen atoms in total. The lowest BCUT2D eigenvalue weighted by atomic mass is 10.0. The number of halogens is 1. The van der Waals surface area contributed by atoms with Gasteiger partial charge in [-0.2, -0.15) is 0 Å². The van der Waals surface area contributed by atoms with Gasteiger partial charge in [0, 0.05) is 11.1 Å². The molecule has 1 aromatic carbocycles. The monoisotopic (exact) mass is 237 g/mol. The van der Waals surface area contributed by atoms with Crippen molar-refractivity contribution in [3.05, 3.63) is 34.9 Å². The number of hydrogen-bond acceptors (Lipinski definition) is 1. The fourth-order valence-electron chi connectivity index (χ4n) is 2.51. The molecule has 1 aliphatic heterocycles. The number of benzene rings is 1. The topological polar surface area (TPSA) is 3.24 Å². The predicted octanol–water partition coefficient (Wildman–Crippen LogP) is 3.76. The van der Waals surface area contributed by atoms with Crippen LogP contribution in [0.3, 0.4) is 0 Å². The lowest BCUT2D eigenvalue weighted by Crippen LogP contribution is -2.32. The molecule has 0 spiro atoms. The first kappa shape index (κ1) is 11.9. The molecule has 0 aromatic heterocycles. The van der Waals surface area contributed by atoms with Crippen LogP contribution in [0, 0.1) is 0 Å². The molecule has 16 heavy (non-hydrogen) atoms. The Hall–Kier alpha value is -0.530. The molecule has 2 heteroatoms. The van der Waals surface area contributed by atoms with E-state index in [4.69, 9.17) is 11.6 Å². The van der Waals surface area contributed by atoms with Crippen LogP contribution in [0.25, 0.3) is 0 Å². The van der Waals surface area contributed by atoms with Crippen molar-refractivity contribution in [2.45, 2.75) is 38.1 Å². The van der Waals surface area contributed by atoms with Crippen molar-refractivity contribution in [3.63, 3.8) is 0 Å². The van der Waals surface area contributed by atoms with Gasteiger partial charge in [-0.25, -0.2) is 0 Å². The molecule has 1 fully saturated rings. The average molecular weight is 238 g/mol. The molecular formula is C14H20ClN. The molecule has 0 N–H and O–H groups in total. The summed E-state index contributed by atoms with van der Waals surface area (Å²) in [5.74, 6) is 0. The largest absolute Gasteiger partial charge is 0.303 e. The van der Waals surface area contributed by atoms with E-state index in [2.05, 4.69) is 24.1 Å². The van der Waals surface area contributed by atoms with Gasteiger partial charge in [-0.15, -0.1) is 0 Å². The predicted molar refractivity (Wildman–Crippen MR) is 70.0 cm³/mol. The van der Waals surface area contributed by atoms with Crippen LogP contribution < -0.4 is 0 Å². The van der Waals surface area contributed by atoms with Gasteiger partial charge in [0.2, 0.25) is 0 Å². The van der Waals surface area contributed by atoms with Crippen molar-refractivity contribution in [2.24, 2.45) is 0 Å². The van der Waals surface area contributed by atoms with Crippen LogP contribution in [0.15, 0.2) is 24.3 Å². The van der Waals surface area contributed by atoms with Crippen LogP contribution in [-0.4, -0.2) is 24.5 Å². The normalized spacial score (nSPS) is 23.0. The highest BCUT2D eigenvalue weighted by molar-refractivity contribution is 6.30. The minimum Gasteiger partial charge on any atom is -0.303 e. The summed E-state index contributed by atoms with van der Waals surface area (Å²) < 4.78 is 0. The summed E-state index contributed by atoms with van der Waals surface area (Å²) in [6.45, 7) is 1.24. The maximum atomic E-state index is 6.02. The highest BCUT2D eigenvalue weighted by Crippen LogP contribution is 2.20. The standard InChI is InChI=1S/C14H20ClN/c1-16-9-4-2-3-8-14(16)11-12-6-5-7-13(15)10-12/h5-7,10,14H,2-4,8-9,11H2,1H3. The minimum atomic E-state index is 0.695. The van der Waals surface area contributed by atoms with Gasteiger partial charge >= 0.3 is 0 Å². The molecule has 0 saturated carbocycles. The molecule has 1 unspecified atom stereocenters. The Labute approximate surface area is 103 Å². The van der Waals surface area contributed by atoms with Gasteiger partial charge in [0.25, 0.3) is 0 Å². The Balaban J connectivity index is 2.02. The Morgan fingerprint density at radius 3 is 3.00 bits per heavy atom. The molecule has 0 aliphatic carbocycles. The van der Waals surface area contributed by atoms with Gasteiger partial charge in [0.05, 0.1) is 0 Å².